The number of halogens is 1. The Morgan fingerprint density at radius 2 is 1.83 bits per heavy atom. The van der Waals surface area contributed by atoms with Gasteiger partial charge in [-0.25, -0.2) is 0 Å². The quantitative estimate of drug-likeness (QED) is 0.0387. The summed E-state index contributed by atoms with van der Waals surface area (Å²) in [5.41, 5.74) is 12.8. The van der Waals surface area contributed by atoms with E-state index in [0.29, 0.717) is 39.4 Å². The van der Waals surface area contributed by atoms with Gasteiger partial charge in [-0.05, 0) is 69.1 Å². The monoisotopic (exact) mass is 725 g/mol. The molecule has 0 spiro atoms. The Labute approximate surface area is 308 Å². The second kappa shape index (κ2) is 18.9. The van der Waals surface area contributed by atoms with Crippen molar-refractivity contribution in [3.63, 3.8) is 0 Å². The Kier molecular flexibility index (Phi) is 13.8. The van der Waals surface area contributed by atoms with Crippen LogP contribution in [0.2, 0.25) is 5.02 Å². The highest BCUT2D eigenvalue weighted by Gasteiger charge is 2.19. The number of aliphatic carboxylic acids is 1. The van der Waals surface area contributed by atoms with E-state index in [9.17, 15) is 20.3 Å². The molecular weight excluding hydrogens is 682 g/mol. The average Bonchev–Trinajstić information content (AvgIpc) is 3.68. The van der Waals surface area contributed by atoms with Gasteiger partial charge in [-0.15, -0.1) is 0 Å². The van der Waals surface area contributed by atoms with Crippen molar-refractivity contribution in [2.24, 2.45) is 0 Å². The van der Waals surface area contributed by atoms with Gasteiger partial charge in [0.05, 0.1) is 17.2 Å². The number of nitrogens with two attached hydrogens (primary N) is 1. The number of aliphatic hydroxyl groups excluding tert-OH is 1. The van der Waals surface area contributed by atoms with E-state index in [1.807, 2.05) is 36.4 Å². The van der Waals surface area contributed by atoms with Crippen molar-refractivity contribution in [3.8, 4) is 28.7 Å². The number of rotatable bonds is 19. The number of nitrogen functional groups attached to an aromatic ring is 1. The summed E-state index contributed by atoms with van der Waals surface area (Å²) in [5.74, 6) is -0.537. The maximum atomic E-state index is 11.5. The number of anilines is 2. The summed E-state index contributed by atoms with van der Waals surface area (Å²) >= 11 is 6.67. The zero-order chi connectivity index (χ0) is 36.9. The maximum Gasteiger partial charge on any atom is 0.323 e. The normalized spacial score (nSPS) is 13.3. The maximum absolute atomic E-state index is 11.5. The number of pyridine rings is 1. The minimum atomic E-state index is -1.20. The molecule has 0 radical (unpaired) electrons. The van der Waals surface area contributed by atoms with Crippen LogP contribution in [0.4, 0.5) is 11.4 Å². The van der Waals surface area contributed by atoms with E-state index in [1.165, 1.54) is 38.3 Å². The molecule has 1 aliphatic heterocycles. The average molecular weight is 726 g/mol. The zero-order valence-corrected chi connectivity index (χ0v) is 29.7. The van der Waals surface area contributed by atoms with Crippen molar-refractivity contribution < 1.29 is 24.5 Å². The molecule has 1 atom stereocenters. The number of aromatic nitrogens is 1. The molecule has 5 rings (SSSR count). The van der Waals surface area contributed by atoms with E-state index in [-0.39, 0.29) is 24.8 Å². The molecule has 1 saturated heterocycles. The lowest BCUT2D eigenvalue weighted by atomic mass is 9.95. The largest absolute Gasteiger partial charge is 0.488 e. The van der Waals surface area contributed by atoms with Gasteiger partial charge in [-0.1, -0.05) is 41.9 Å². The van der Waals surface area contributed by atoms with E-state index >= 15 is 0 Å². The third-order valence-corrected chi connectivity index (χ3v) is 9.28. The minimum absolute atomic E-state index is 0.0280. The molecule has 12 nitrogen and oxygen atoms in total. The number of ether oxygens (including phenoxy) is 2. The lowest BCUT2D eigenvalue weighted by Gasteiger charge is -2.19. The van der Waals surface area contributed by atoms with E-state index in [2.05, 4.69) is 26.6 Å². The van der Waals surface area contributed by atoms with Crippen LogP contribution in [0.15, 0.2) is 67.0 Å². The summed E-state index contributed by atoms with van der Waals surface area (Å²) in [7, 11) is 0. The molecular formula is C39H44ClN7O5. The van der Waals surface area contributed by atoms with Gasteiger partial charge in [0, 0.05) is 77.0 Å². The molecule has 1 unspecified atom stereocenters. The molecule has 1 aromatic heterocycles. The van der Waals surface area contributed by atoms with Crippen molar-refractivity contribution in [3.05, 3.63) is 99.8 Å². The number of hydrogen-bond acceptors (Lipinski definition) is 11. The predicted octanol–water partition coefficient (Wildman–Crippen LogP) is 5.83. The number of nitrogens with zero attached hydrogens (tertiary/aromatic N) is 3. The van der Waals surface area contributed by atoms with Crippen LogP contribution in [0.25, 0.3) is 11.1 Å². The van der Waals surface area contributed by atoms with Crippen LogP contribution in [-0.2, 0) is 24.6 Å². The van der Waals surface area contributed by atoms with Gasteiger partial charge >= 0.3 is 5.97 Å². The smallest absolute Gasteiger partial charge is 0.323 e. The molecule has 7 N–H and O–H groups in total. The standard InChI is InChI=1S/C39H44ClN7O5/c40-33-16-29(22-46-35(23-48)39(49)50)36(51-24-27-15-26(18-41)20-44-21-27)17-37(33)52-25-28-7-5-9-31(38(28)43)30-8-6-10-34(32(30)19-42)45-11-1-2-12-47-13-3-4-14-47/h5-10,15-17,19-21,35,42,45-46,48H,1-4,11-14,22-25,43H2,(H,49,50). The SMILES string of the molecule is N#Cc1cncc(COc2cc(OCc3cccc(-c4cccc(NCCCCN5CCCC5)c4C=N)c3N)c(Cl)cc2CNC(CO)C(=O)O)c1. The summed E-state index contributed by atoms with van der Waals surface area (Å²) in [4.78, 5) is 18.1. The van der Waals surface area contributed by atoms with E-state index in [0.717, 1.165) is 48.3 Å². The fraction of sp³-hybridized carbons (Fsp3) is 0.333. The molecule has 13 heteroatoms. The van der Waals surface area contributed by atoms with Crippen molar-refractivity contribution in [2.75, 3.05) is 43.8 Å². The van der Waals surface area contributed by atoms with E-state index in [4.69, 9.17) is 32.2 Å². The van der Waals surface area contributed by atoms with E-state index in [1.54, 1.807) is 24.4 Å². The number of carboxylic acids is 1. The van der Waals surface area contributed by atoms with Crippen molar-refractivity contribution in [1.29, 1.82) is 10.7 Å². The van der Waals surface area contributed by atoms with Gasteiger partial charge in [-0.3, -0.25) is 15.1 Å². The number of carboxylic acid groups (broad SMARTS) is 1. The molecule has 0 amide bonds. The molecule has 0 bridgehead atoms. The summed E-state index contributed by atoms with van der Waals surface area (Å²) in [6.45, 7) is 3.90. The van der Waals surface area contributed by atoms with Crippen LogP contribution >= 0.6 is 11.6 Å². The van der Waals surface area contributed by atoms with Crippen molar-refractivity contribution in [2.45, 2.75) is 51.5 Å². The highest BCUT2D eigenvalue weighted by molar-refractivity contribution is 6.32. The number of nitrogens with one attached hydrogen (secondary N) is 3. The van der Waals surface area contributed by atoms with Crippen LogP contribution in [0, 0.1) is 16.7 Å². The summed E-state index contributed by atoms with van der Waals surface area (Å²) in [6, 6.07) is 17.3. The topological polar surface area (TPSA) is 190 Å². The van der Waals surface area contributed by atoms with Crippen molar-refractivity contribution >= 4 is 35.2 Å². The van der Waals surface area contributed by atoms with Gasteiger partial charge in [-0.2, -0.15) is 5.26 Å². The molecule has 1 fully saturated rings. The van der Waals surface area contributed by atoms with Crippen LogP contribution < -0.4 is 25.8 Å². The molecule has 0 aliphatic carbocycles. The number of likely N-dealkylation sites (tertiary alicyclic amines) is 1. The molecule has 272 valence electrons. The summed E-state index contributed by atoms with van der Waals surface area (Å²) in [6.07, 6.45) is 9.14. The predicted molar refractivity (Wildman–Crippen MR) is 202 cm³/mol. The van der Waals surface area contributed by atoms with Crippen LogP contribution in [-0.4, -0.2) is 71.1 Å². The second-order valence-electron chi connectivity index (χ2n) is 12.6. The number of para-hydroxylation sites is 1. The Hall–Kier alpha value is -5.19. The Morgan fingerprint density at radius 1 is 1.06 bits per heavy atom. The highest BCUT2D eigenvalue weighted by atomic mass is 35.5. The number of benzene rings is 3. The fourth-order valence-electron chi connectivity index (χ4n) is 6.14. The van der Waals surface area contributed by atoms with Gasteiger partial charge in [0.1, 0.15) is 36.8 Å². The first kappa shape index (κ1) is 38.1. The highest BCUT2D eigenvalue weighted by Crippen LogP contribution is 2.37. The third kappa shape index (κ3) is 9.98. The number of carbonyl (C=O) groups is 1. The van der Waals surface area contributed by atoms with Gasteiger partial charge in [0.25, 0.3) is 0 Å². The number of hydrogen-bond donors (Lipinski definition) is 6. The van der Waals surface area contributed by atoms with Crippen LogP contribution in [0.5, 0.6) is 11.5 Å². The van der Waals surface area contributed by atoms with Gasteiger partial charge < -0.3 is 41.0 Å². The minimum Gasteiger partial charge on any atom is -0.488 e. The zero-order valence-electron chi connectivity index (χ0n) is 28.9. The lowest BCUT2D eigenvalue weighted by Crippen LogP contribution is -2.39. The first-order valence-corrected chi connectivity index (χ1v) is 17.7. The second-order valence-corrected chi connectivity index (χ2v) is 13.0. The van der Waals surface area contributed by atoms with Gasteiger partial charge in [0.15, 0.2) is 0 Å². The molecule has 2 heterocycles. The summed E-state index contributed by atoms with van der Waals surface area (Å²) < 4.78 is 12.3. The van der Waals surface area contributed by atoms with Crippen LogP contribution in [0.1, 0.15) is 53.5 Å². The molecule has 1 aliphatic rings. The summed E-state index contributed by atoms with van der Waals surface area (Å²) in [5, 5.41) is 42.9. The van der Waals surface area contributed by atoms with Crippen LogP contribution in [0.3, 0.4) is 0 Å². The third-order valence-electron chi connectivity index (χ3n) is 8.99. The molecule has 0 saturated carbocycles. The lowest BCUT2D eigenvalue weighted by molar-refractivity contribution is -0.140. The first-order valence-electron chi connectivity index (χ1n) is 17.3. The van der Waals surface area contributed by atoms with E-state index < -0.39 is 18.6 Å². The number of unbranched alkanes of at least 4 members (excludes halogenated alkanes) is 1. The molecule has 3 aromatic carbocycles. The Bertz CT molecular complexity index is 1890. The van der Waals surface area contributed by atoms with Crippen molar-refractivity contribution in [1.82, 2.24) is 15.2 Å². The number of nitriles is 1. The first-order chi connectivity index (χ1) is 25.3. The Morgan fingerprint density at radius 3 is 2.58 bits per heavy atom. The fourth-order valence-corrected chi connectivity index (χ4v) is 6.38. The molecule has 52 heavy (non-hydrogen) atoms. The van der Waals surface area contributed by atoms with Gasteiger partial charge in [0.2, 0.25) is 0 Å². The molecule has 4 aromatic rings. The Balaban J connectivity index is 1.32. The number of aliphatic hydroxyl groups is 1.